The number of cyclic esters (lactones) is 1. The maximum absolute atomic E-state index is 11.2. The molecule has 0 amide bonds. The molecule has 128 valence electrons. The van der Waals surface area contributed by atoms with Crippen molar-refractivity contribution in [2.75, 3.05) is 0 Å². The summed E-state index contributed by atoms with van der Waals surface area (Å²) in [5, 5.41) is 9.99. The zero-order chi connectivity index (χ0) is 16.8. The molecule has 0 aromatic rings. The minimum Gasteiger partial charge on any atom is -0.460 e. The molecular formula is C20H30O3. The Kier molecular flexibility index (Phi) is 10.9. The van der Waals surface area contributed by atoms with Gasteiger partial charge in [0.05, 0.1) is 6.10 Å². The van der Waals surface area contributed by atoms with Gasteiger partial charge in [0.15, 0.2) is 0 Å². The quantitative estimate of drug-likeness (QED) is 0.471. The van der Waals surface area contributed by atoms with Crippen LogP contribution in [0.3, 0.4) is 0 Å². The number of carbonyl (C=O) groups is 1. The van der Waals surface area contributed by atoms with Crippen molar-refractivity contribution in [3.05, 3.63) is 48.6 Å². The molecule has 1 heterocycles. The average Bonchev–Trinajstić information content (AvgIpc) is 2.55. The highest BCUT2D eigenvalue weighted by atomic mass is 16.6. The Balaban J connectivity index is 2.08. The number of hydrogen-bond donors (Lipinski definition) is 1. The van der Waals surface area contributed by atoms with Gasteiger partial charge in [-0.1, -0.05) is 55.5 Å². The molecule has 1 fully saturated rings. The van der Waals surface area contributed by atoms with Gasteiger partial charge < -0.3 is 9.84 Å². The van der Waals surface area contributed by atoms with Gasteiger partial charge in [-0.25, -0.2) is 0 Å². The van der Waals surface area contributed by atoms with Gasteiger partial charge in [-0.2, -0.15) is 0 Å². The van der Waals surface area contributed by atoms with Crippen molar-refractivity contribution in [2.45, 2.75) is 70.5 Å². The number of ether oxygens (including phenoxy) is 1. The Morgan fingerprint density at radius 3 is 2.17 bits per heavy atom. The molecule has 3 heteroatoms. The summed E-state index contributed by atoms with van der Waals surface area (Å²) in [6.45, 7) is 2.14. The fourth-order valence-electron chi connectivity index (χ4n) is 2.37. The van der Waals surface area contributed by atoms with Gasteiger partial charge in [0.25, 0.3) is 0 Å². The Morgan fingerprint density at radius 1 is 1.04 bits per heavy atom. The highest BCUT2D eigenvalue weighted by molar-refractivity contribution is 5.70. The van der Waals surface area contributed by atoms with E-state index in [1.54, 1.807) is 0 Å². The van der Waals surface area contributed by atoms with Crippen molar-refractivity contribution in [3.8, 4) is 0 Å². The van der Waals surface area contributed by atoms with Crippen LogP contribution in [0.15, 0.2) is 48.6 Å². The second kappa shape index (κ2) is 12.9. The van der Waals surface area contributed by atoms with Crippen LogP contribution >= 0.6 is 0 Å². The van der Waals surface area contributed by atoms with Crippen LogP contribution < -0.4 is 0 Å². The molecule has 0 spiro atoms. The monoisotopic (exact) mass is 318 g/mol. The van der Waals surface area contributed by atoms with Gasteiger partial charge in [-0.05, 0) is 44.9 Å². The van der Waals surface area contributed by atoms with Crippen LogP contribution in [0.5, 0.6) is 0 Å². The Morgan fingerprint density at radius 2 is 1.61 bits per heavy atom. The van der Waals surface area contributed by atoms with Gasteiger partial charge in [0.2, 0.25) is 0 Å². The highest BCUT2D eigenvalue weighted by Crippen LogP contribution is 2.18. The van der Waals surface area contributed by atoms with E-state index in [1.807, 2.05) is 12.2 Å². The summed E-state index contributed by atoms with van der Waals surface area (Å²) in [5.41, 5.74) is 0. The normalized spacial score (nSPS) is 21.0. The van der Waals surface area contributed by atoms with E-state index in [4.69, 9.17) is 4.74 Å². The molecule has 3 nitrogen and oxygen atoms in total. The van der Waals surface area contributed by atoms with E-state index < -0.39 is 6.10 Å². The lowest BCUT2D eigenvalue weighted by Crippen LogP contribution is -2.34. The van der Waals surface area contributed by atoms with E-state index in [1.165, 1.54) is 0 Å². The van der Waals surface area contributed by atoms with Crippen molar-refractivity contribution < 1.29 is 14.6 Å². The maximum Gasteiger partial charge on any atom is 0.306 e. The average molecular weight is 318 g/mol. The van der Waals surface area contributed by atoms with E-state index in [-0.39, 0.29) is 12.1 Å². The van der Waals surface area contributed by atoms with Crippen molar-refractivity contribution in [1.29, 1.82) is 0 Å². The molecule has 1 rings (SSSR count). The van der Waals surface area contributed by atoms with Crippen molar-refractivity contribution in [2.24, 2.45) is 0 Å². The molecule has 0 aromatic heterocycles. The summed E-state index contributed by atoms with van der Waals surface area (Å²) in [5.74, 6) is -0.189. The molecule has 1 aliphatic rings. The van der Waals surface area contributed by atoms with E-state index in [2.05, 4.69) is 43.4 Å². The summed E-state index contributed by atoms with van der Waals surface area (Å²) < 4.78 is 5.16. The van der Waals surface area contributed by atoms with E-state index >= 15 is 0 Å². The summed E-state index contributed by atoms with van der Waals surface area (Å²) >= 11 is 0. The van der Waals surface area contributed by atoms with Crippen molar-refractivity contribution in [3.63, 3.8) is 0 Å². The molecule has 0 radical (unpaired) electrons. The predicted octanol–water partition coefficient (Wildman–Crippen LogP) is 4.64. The van der Waals surface area contributed by atoms with Crippen molar-refractivity contribution in [1.82, 2.24) is 0 Å². The van der Waals surface area contributed by atoms with Crippen LogP contribution in [-0.2, 0) is 9.53 Å². The zero-order valence-corrected chi connectivity index (χ0v) is 14.2. The molecule has 1 aliphatic heterocycles. The number of aliphatic hydroxyl groups is 1. The fourth-order valence-corrected chi connectivity index (χ4v) is 2.37. The first kappa shape index (κ1) is 19.4. The number of aliphatic hydroxyl groups excluding tert-OH is 1. The predicted molar refractivity (Wildman–Crippen MR) is 95.1 cm³/mol. The fraction of sp³-hybridized carbons (Fsp3) is 0.550. The van der Waals surface area contributed by atoms with E-state index in [0.29, 0.717) is 12.8 Å². The first-order chi connectivity index (χ1) is 11.2. The molecule has 2 atom stereocenters. The minimum atomic E-state index is -0.585. The van der Waals surface area contributed by atoms with Gasteiger partial charge in [-0.3, -0.25) is 4.79 Å². The van der Waals surface area contributed by atoms with Gasteiger partial charge >= 0.3 is 5.97 Å². The number of carbonyl (C=O) groups excluding carboxylic acids is 1. The van der Waals surface area contributed by atoms with Crippen LogP contribution in [0, 0.1) is 0 Å². The third kappa shape index (κ3) is 9.90. The van der Waals surface area contributed by atoms with Crippen LogP contribution in [0.1, 0.15) is 58.3 Å². The summed E-state index contributed by atoms with van der Waals surface area (Å²) in [7, 11) is 0. The van der Waals surface area contributed by atoms with E-state index in [0.717, 1.165) is 38.5 Å². The first-order valence-electron chi connectivity index (χ1n) is 8.71. The van der Waals surface area contributed by atoms with Crippen LogP contribution in [0.2, 0.25) is 0 Å². The number of hydrogen-bond acceptors (Lipinski definition) is 3. The first-order valence-corrected chi connectivity index (χ1v) is 8.71. The smallest absolute Gasteiger partial charge is 0.306 e. The number of rotatable bonds is 10. The summed E-state index contributed by atoms with van der Waals surface area (Å²) in [6, 6.07) is 0. The molecule has 0 aromatic carbocycles. The second-order valence-corrected chi connectivity index (χ2v) is 5.72. The van der Waals surface area contributed by atoms with Crippen LogP contribution in [-0.4, -0.2) is 23.3 Å². The molecule has 0 unspecified atom stereocenters. The molecule has 0 aliphatic carbocycles. The Bertz CT molecular complexity index is 432. The maximum atomic E-state index is 11.2. The minimum absolute atomic E-state index is 0.189. The SMILES string of the molecule is CC/C=C\C/C=C\C/C=C\C/C=C\C[C@@H](O)[C@@H]1CCCC(=O)O1. The second-order valence-electron chi connectivity index (χ2n) is 5.72. The van der Waals surface area contributed by atoms with Gasteiger partial charge in [0.1, 0.15) is 6.10 Å². The highest BCUT2D eigenvalue weighted by Gasteiger charge is 2.26. The molecular weight excluding hydrogens is 288 g/mol. The third-order valence-electron chi connectivity index (χ3n) is 3.68. The standard InChI is InChI=1S/C20H30O3/c1-2-3-4-5-6-7-8-9-10-11-12-13-15-18(21)19-16-14-17-20(22)23-19/h3-4,6-7,9-10,12-13,18-19,21H,2,5,8,11,14-17H2,1H3/b4-3-,7-6-,10-9-,13-12-/t18-,19+/m1/s1. The zero-order valence-electron chi connectivity index (χ0n) is 14.2. The summed E-state index contributed by atoms with van der Waals surface area (Å²) in [4.78, 5) is 11.2. The molecule has 0 bridgehead atoms. The van der Waals surface area contributed by atoms with Crippen molar-refractivity contribution >= 4 is 5.97 Å². The third-order valence-corrected chi connectivity index (χ3v) is 3.68. The number of esters is 1. The Hall–Kier alpha value is -1.61. The van der Waals surface area contributed by atoms with Crippen LogP contribution in [0.25, 0.3) is 0 Å². The lowest BCUT2D eigenvalue weighted by Gasteiger charge is -2.25. The van der Waals surface area contributed by atoms with Gasteiger partial charge in [-0.15, -0.1) is 0 Å². The lowest BCUT2D eigenvalue weighted by molar-refractivity contribution is -0.160. The molecule has 1 saturated heterocycles. The molecule has 0 saturated carbocycles. The molecule has 1 N–H and O–H groups in total. The summed E-state index contributed by atoms with van der Waals surface area (Å²) in [6.07, 6.45) is 22.6. The molecule has 23 heavy (non-hydrogen) atoms. The Labute approximate surface area is 140 Å². The van der Waals surface area contributed by atoms with E-state index in [9.17, 15) is 9.90 Å². The van der Waals surface area contributed by atoms with Crippen LogP contribution in [0.4, 0.5) is 0 Å². The lowest BCUT2D eigenvalue weighted by atomic mass is 10.0. The topological polar surface area (TPSA) is 46.5 Å². The largest absolute Gasteiger partial charge is 0.460 e. The van der Waals surface area contributed by atoms with Gasteiger partial charge in [0, 0.05) is 6.42 Å². The number of allylic oxidation sites excluding steroid dienone is 7.